The number of rotatable bonds is 2. The first-order valence-electron chi connectivity index (χ1n) is 3.10. The molecular weight excluding hydrogens is 132 g/mol. The van der Waals surface area contributed by atoms with Gasteiger partial charge in [0.25, 0.3) is 0 Å². The second kappa shape index (κ2) is 2.06. The largest absolute Gasteiger partial charge is 0.285 e. The highest BCUT2D eigenvalue weighted by Gasteiger charge is 2.22. The number of aromatic nitrogens is 2. The van der Waals surface area contributed by atoms with E-state index >= 15 is 0 Å². The molecule has 9 heavy (non-hydrogen) atoms. The maximum absolute atomic E-state index is 3.86. The van der Waals surface area contributed by atoms with Crippen LogP contribution in [0.2, 0.25) is 0 Å². The summed E-state index contributed by atoms with van der Waals surface area (Å²) < 4.78 is 0. The van der Waals surface area contributed by atoms with Gasteiger partial charge in [-0.15, -0.1) is 11.8 Å². The van der Waals surface area contributed by atoms with Crippen molar-refractivity contribution in [3.05, 3.63) is 12.4 Å². The third kappa shape index (κ3) is 1.27. The summed E-state index contributed by atoms with van der Waals surface area (Å²) >= 11 is 1.92. The normalized spacial score (nSPS) is 18.2. The Bertz CT molecular complexity index is 179. The van der Waals surface area contributed by atoms with Crippen molar-refractivity contribution in [1.82, 2.24) is 10.2 Å². The van der Waals surface area contributed by atoms with E-state index in [9.17, 15) is 0 Å². The number of H-pyrrole nitrogens is 1. The van der Waals surface area contributed by atoms with Gasteiger partial charge in [-0.3, -0.25) is 5.10 Å². The Morgan fingerprint density at radius 1 is 1.67 bits per heavy atom. The van der Waals surface area contributed by atoms with Crippen molar-refractivity contribution in [2.24, 2.45) is 0 Å². The van der Waals surface area contributed by atoms with Crippen LogP contribution in [-0.2, 0) is 0 Å². The predicted molar refractivity (Wildman–Crippen MR) is 37.5 cm³/mol. The highest BCUT2D eigenvalue weighted by atomic mass is 32.2. The minimum atomic E-state index is 0.891. The zero-order valence-electron chi connectivity index (χ0n) is 5.00. The molecule has 1 fully saturated rings. The predicted octanol–water partition coefficient (Wildman–Crippen LogP) is 1.66. The molecule has 1 aromatic heterocycles. The fourth-order valence-electron chi connectivity index (χ4n) is 0.682. The Hall–Kier alpha value is -0.440. The Labute approximate surface area is 58.0 Å². The maximum atomic E-state index is 3.86. The molecule has 0 saturated heterocycles. The molecule has 0 spiro atoms. The van der Waals surface area contributed by atoms with E-state index in [-0.39, 0.29) is 0 Å². The van der Waals surface area contributed by atoms with Crippen molar-refractivity contribution in [2.45, 2.75) is 23.0 Å². The number of hydrogen-bond acceptors (Lipinski definition) is 2. The van der Waals surface area contributed by atoms with E-state index in [1.807, 2.05) is 24.2 Å². The summed E-state index contributed by atoms with van der Waals surface area (Å²) in [7, 11) is 0. The van der Waals surface area contributed by atoms with Gasteiger partial charge in [-0.1, -0.05) is 0 Å². The second-order valence-corrected chi connectivity index (χ2v) is 3.62. The topological polar surface area (TPSA) is 28.7 Å². The summed E-state index contributed by atoms with van der Waals surface area (Å²) in [5.41, 5.74) is 0. The molecule has 3 heteroatoms. The molecule has 0 radical (unpaired) electrons. The quantitative estimate of drug-likeness (QED) is 0.676. The molecule has 0 amide bonds. The summed E-state index contributed by atoms with van der Waals surface area (Å²) in [5.74, 6) is 0. The van der Waals surface area contributed by atoms with Gasteiger partial charge in [0.2, 0.25) is 0 Å². The average molecular weight is 140 g/mol. The third-order valence-electron chi connectivity index (χ3n) is 1.30. The van der Waals surface area contributed by atoms with Gasteiger partial charge < -0.3 is 0 Å². The van der Waals surface area contributed by atoms with Gasteiger partial charge in [0.1, 0.15) is 0 Å². The van der Waals surface area contributed by atoms with Crippen molar-refractivity contribution in [2.75, 3.05) is 0 Å². The van der Waals surface area contributed by atoms with Crippen molar-refractivity contribution >= 4 is 11.8 Å². The molecule has 0 aliphatic heterocycles. The first-order valence-corrected chi connectivity index (χ1v) is 3.98. The summed E-state index contributed by atoms with van der Waals surface area (Å²) in [4.78, 5) is 1.28. The van der Waals surface area contributed by atoms with Crippen LogP contribution in [0.5, 0.6) is 0 Å². The molecule has 2 nitrogen and oxygen atoms in total. The molecule has 48 valence electrons. The highest BCUT2D eigenvalue weighted by Crippen LogP contribution is 2.38. The Balaban J connectivity index is 1.99. The molecule has 1 aromatic rings. The third-order valence-corrected chi connectivity index (χ3v) is 2.60. The van der Waals surface area contributed by atoms with Gasteiger partial charge in [-0.25, -0.2) is 0 Å². The van der Waals surface area contributed by atoms with E-state index in [2.05, 4.69) is 10.2 Å². The number of nitrogens with zero attached hydrogens (tertiary/aromatic N) is 1. The smallest absolute Gasteiger partial charge is 0.0623 e. The molecule has 1 aliphatic rings. The van der Waals surface area contributed by atoms with Crippen molar-refractivity contribution in [1.29, 1.82) is 0 Å². The fourth-order valence-corrected chi connectivity index (χ4v) is 1.67. The van der Waals surface area contributed by atoms with E-state index in [4.69, 9.17) is 0 Å². The van der Waals surface area contributed by atoms with Gasteiger partial charge >= 0.3 is 0 Å². The van der Waals surface area contributed by atoms with Crippen LogP contribution in [0.4, 0.5) is 0 Å². The lowest BCUT2D eigenvalue weighted by molar-refractivity contribution is 1.09. The molecule has 0 bridgehead atoms. The van der Waals surface area contributed by atoms with E-state index in [1.54, 1.807) is 0 Å². The van der Waals surface area contributed by atoms with Crippen molar-refractivity contribution in [3.63, 3.8) is 0 Å². The zero-order valence-corrected chi connectivity index (χ0v) is 5.82. The zero-order chi connectivity index (χ0) is 6.10. The van der Waals surface area contributed by atoms with E-state index in [1.165, 1.54) is 17.7 Å². The molecule has 2 rings (SSSR count). The number of hydrogen-bond donors (Lipinski definition) is 1. The molecule has 0 aromatic carbocycles. The van der Waals surface area contributed by atoms with E-state index < -0.39 is 0 Å². The van der Waals surface area contributed by atoms with Crippen molar-refractivity contribution in [3.8, 4) is 0 Å². The Morgan fingerprint density at radius 2 is 2.56 bits per heavy atom. The average Bonchev–Trinajstić information content (AvgIpc) is 2.46. The van der Waals surface area contributed by atoms with Gasteiger partial charge in [0.05, 0.1) is 6.20 Å². The highest BCUT2D eigenvalue weighted by molar-refractivity contribution is 8.00. The van der Waals surface area contributed by atoms with Crippen LogP contribution in [0.25, 0.3) is 0 Å². The van der Waals surface area contributed by atoms with Crippen LogP contribution < -0.4 is 0 Å². The standard InChI is InChI=1S/C6H8N2S/c1-2-5(1)9-6-3-7-8-4-6/h3-5H,1-2H2,(H,7,8). The minimum Gasteiger partial charge on any atom is -0.285 e. The van der Waals surface area contributed by atoms with Gasteiger partial charge in [0, 0.05) is 16.3 Å². The summed E-state index contributed by atoms with van der Waals surface area (Å²) in [5, 5.41) is 7.54. The molecule has 1 aliphatic carbocycles. The van der Waals surface area contributed by atoms with Crippen LogP contribution >= 0.6 is 11.8 Å². The fraction of sp³-hybridized carbons (Fsp3) is 0.500. The number of thioether (sulfide) groups is 1. The lowest BCUT2D eigenvalue weighted by Crippen LogP contribution is -1.67. The van der Waals surface area contributed by atoms with E-state index in [0.29, 0.717) is 0 Å². The van der Waals surface area contributed by atoms with Crippen LogP contribution in [0.3, 0.4) is 0 Å². The van der Waals surface area contributed by atoms with Crippen LogP contribution in [0, 0.1) is 0 Å². The monoisotopic (exact) mass is 140 g/mol. The molecule has 1 N–H and O–H groups in total. The first-order chi connectivity index (χ1) is 4.45. The summed E-state index contributed by atoms with van der Waals surface area (Å²) in [6, 6.07) is 0. The van der Waals surface area contributed by atoms with Crippen LogP contribution in [0.1, 0.15) is 12.8 Å². The van der Waals surface area contributed by atoms with E-state index in [0.717, 1.165) is 5.25 Å². The Morgan fingerprint density at radius 3 is 3.11 bits per heavy atom. The van der Waals surface area contributed by atoms with Crippen LogP contribution in [-0.4, -0.2) is 15.4 Å². The number of aromatic amines is 1. The lowest BCUT2D eigenvalue weighted by Gasteiger charge is -1.87. The van der Waals surface area contributed by atoms with Gasteiger partial charge in [-0.2, -0.15) is 5.10 Å². The van der Waals surface area contributed by atoms with Gasteiger partial charge in [0.15, 0.2) is 0 Å². The summed E-state index contributed by atoms with van der Waals surface area (Å²) in [6.45, 7) is 0. The lowest BCUT2D eigenvalue weighted by atomic mass is 10.7. The maximum Gasteiger partial charge on any atom is 0.0623 e. The SMILES string of the molecule is c1n[nH]cc1SC1CC1. The van der Waals surface area contributed by atoms with Crippen molar-refractivity contribution < 1.29 is 0 Å². The molecule has 1 heterocycles. The molecule has 1 saturated carbocycles. The van der Waals surface area contributed by atoms with Gasteiger partial charge in [-0.05, 0) is 12.8 Å². The summed E-state index contributed by atoms with van der Waals surface area (Å²) in [6.07, 6.45) is 6.59. The van der Waals surface area contributed by atoms with Crippen LogP contribution in [0.15, 0.2) is 17.3 Å². The second-order valence-electron chi connectivity index (χ2n) is 2.25. The first kappa shape index (κ1) is 5.35. The Kier molecular flexibility index (Phi) is 1.23. The molecule has 0 unspecified atom stereocenters. The number of nitrogens with one attached hydrogen (secondary N) is 1. The minimum absolute atomic E-state index is 0.891. The molecule has 0 atom stereocenters. The molecular formula is C6H8N2S.